The van der Waals surface area contributed by atoms with Gasteiger partial charge in [-0.15, -0.1) is 0 Å². The van der Waals surface area contributed by atoms with Crippen molar-refractivity contribution in [3.05, 3.63) is 53.6 Å². The molecule has 1 aliphatic heterocycles. The second-order valence-corrected chi connectivity index (χ2v) is 7.16. The molecule has 0 aliphatic carbocycles. The number of allylic oxidation sites excluding steroid dienone is 2. The van der Waals surface area contributed by atoms with Crippen LogP contribution < -0.4 is 5.32 Å². The molecular formula is C25H33N5. The van der Waals surface area contributed by atoms with Crippen LogP contribution in [0.3, 0.4) is 0 Å². The maximum absolute atomic E-state index is 4.93. The lowest BCUT2D eigenvalue weighted by Gasteiger charge is -2.15. The van der Waals surface area contributed by atoms with E-state index in [0.29, 0.717) is 0 Å². The summed E-state index contributed by atoms with van der Waals surface area (Å²) in [6, 6.07) is 12.8. The average Bonchev–Trinajstić information content (AvgIpc) is 3.19. The third-order valence-corrected chi connectivity index (χ3v) is 4.47. The van der Waals surface area contributed by atoms with Gasteiger partial charge in [0.2, 0.25) is 0 Å². The van der Waals surface area contributed by atoms with Crippen molar-refractivity contribution in [2.45, 2.75) is 54.0 Å². The van der Waals surface area contributed by atoms with E-state index in [2.05, 4.69) is 76.8 Å². The number of hydrogen-bond acceptors (Lipinski definition) is 5. The summed E-state index contributed by atoms with van der Waals surface area (Å²) in [7, 11) is 1.79. The molecule has 1 aromatic heterocycles. The second-order valence-electron chi connectivity index (χ2n) is 7.16. The number of rotatable bonds is 6. The lowest BCUT2D eigenvalue weighted by atomic mass is 10.0. The number of pyridine rings is 1. The summed E-state index contributed by atoms with van der Waals surface area (Å²) in [5.41, 5.74) is 7.21. The molecule has 0 saturated carbocycles. The third-order valence-electron chi connectivity index (χ3n) is 4.47. The van der Waals surface area contributed by atoms with Crippen molar-refractivity contribution in [2.24, 2.45) is 15.2 Å². The van der Waals surface area contributed by atoms with Gasteiger partial charge in [-0.25, -0.2) is 4.98 Å². The second kappa shape index (κ2) is 11.2. The molecule has 5 nitrogen and oxygen atoms in total. The molecule has 0 amide bonds. The first-order valence-electron chi connectivity index (χ1n) is 10.6. The minimum atomic E-state index is 0.271. The molecule has 0 saturated heterocycles. The summed E-state index contributed by atoms with van der Waals surface area (Å²) in [5, 5.41) is 12.0. The molecule has 1 aromatic carbocycles. The maximum Gasteiger partial charge on any atom is 0.136 e. The average molecular weight is 404 g/mol. The number of aromatic nitrogens is 1. The summed E-state index contributed by atoms with van der Waals surface area (Å²) >= 11 is 0. The van der Waals surface area contributed by atoms with Gasteiger partial charge in [0.25, 0.3) is 0 Å². The van der Waals surface area contributed by atoms with Crippen LogP contribution in [-0.4, -0.2) is 35.7 Å². The minimum absolute atomic E-state index is 0.271. The molecule has 2 heterocycles. The van der Waals surface area contributed by atoms with Crippen LogP contribution in [0.5, 0.6) is 0 Å². The van der Waals surface area contributed by atoms with Crippen LogP contribution in [0, 0.1) is 0 Å². The Hall–Kier alpha value is -3.08. The van der Waals surface area contributed by atoms with Crippen molar-refractivity contribution < 1.29 is 0 Å². The molecule has 158 valence electrons. The topological polar surface area (TPSA) is 62.0 Å². The van der Waals surface area contributed by atoms with E-state index in [1.807, 2.05) is 33.9 Å². The predicted molar refractivity (Wildman–Crippen MR) is 132 cm³/mol. The number of benzene rings is 1. The highest BCUT2D eigenvalue weighted by Gasteiger charge is 2.17. The number of nitrogens with one attached hydrogen (secondary N) is 1. The van der Waals surface area contributed by atoms with E-state index in [1.54, 1.807) is 7.05 Å². The molecule has 1 aliphatic rings. The van der Waals surface area contributed by atoms with Crippen molar-refractivity contribution in [3.63, 3.8) is 0 Å². The minimum Gasteiger partial charge on any atom is -0.367 e. The predicted octanol–water partition coefficient (Wildman–Crippen LogP) is 6.27. The maximum atomic E-state index is 4.93. The Kier molecular flexibility index (Phi) is 8.66. The first-order valence-corrected chi connectivity index (χ1v) is 10.6. The summed E-state index contributed by atoms with van der Waals surface area (Å²) in [4.78, 5) is 9.08. The normalized spacial score (nSPS) is 13.8. The van der Waals surface area contributed by atoms with Crippen LogP contribution in [0.4, 0.5) is 5.82 Å². The zero-order chi connectivity index (χ0) is 22.1. The largest absolute Gasteiger partial charge is 0.367 e. The van der Waals surface area contributed by atoms with Gasteiger partial charge in [0.05, 0.1) is 11.4 Å². The van der Waals surface area contributed by atoms with Gasteiger partial charge in [-0.05, 0) is 57.0 Å². The van der Waals surface area contributed by atoms with Crippen molar-refractivity contribution >= 4 is 29.0 Å². The highest BCUT2D eigenvalue weighted by atomic mass is 15.2. The Bertz CT molecular complexity index is 981. The molecule has 2 aromatic rings. The number of hydrogen-bond donors (Lipinski definition) is 1. The molecule has 0 spiro atoms. The van der Waals surface area contributed by atoms with Crippen LogP contribution in [0.25, 0.3) is 16.8 Å². The third kappa shape index (κ3) is 5.72. The van der Waals surface area contributed by atoms with Gasteiger partial charge in [0.15, 0.2) is 0 Å². The van der Waals surface area contributed by atoms with Crippen LogP contribution in [0.2, 0.25) is 0 Å². The van der Waals surface area contributed by atoms with E-state index in [0.717, 1.165) is 51.6 Å². The Labute approximate surface area is 180 Å². The van der Waals surface area contributed by atoms with E-state index >= 15 is 0 Å². The first kappa shape index (κ1) is 23.2. The summed E-state index contributed by atoms with van der Waals surface area (Å²) in [5.74, 6) is 0.850. The zero-order valence-corrected chi connectivity index (χ0v) is 19.2. The van der Waals surface area contributed by atoms with Crippen LogP contribution in [0.1, 0.15) is 59.1 Å². The Balaban J connectivity index is 0.00000155. The summed E-state index contributed by atoms with van der Waals surface area (Å²) in [6.45, 7) is 12.2. The van der Waals surface area contributed by atoms with Gasteiger partial charge in [-0.1, -0.05) is 38.1 Å². The van der Waals surface area contributed by atoms with Crippen LogP contribution in [-0.2, 0) is 0 Å². The molecule has 3 rings (SSSR count). The van der Waals surface area contributed by atoms with Gasteiger partial charge in [-0.3, -0.25) is 4.99 Å². The Morgan fingerprint density at radius 2 is 1.90 bits per heavy atom. The fraction of sp³-hybridized carbons (Fsp3) is 0.360. The highest BCUT2D eigenvalue weighted by molar-refractivity contribution is 6.16. The molecule has 0 unspecified atom stereocenters. The van der Waals surface area contributed by atoms with Crippen molar-refractivity contribution in [3.8, 4) is 11.3 Å². The SMILES string of the molecule is C/C=C(\C=NC)c1cccc(-c2ccc(C3=NN=C(C)C3)c(NC(C)C)n2)c1.CC. The number of anilines is 1. The summed E-state index contributed by atoms with van der Waals surface area (Å²) in [6.07, 6.45) is 4.71. The molecule has 0 radical (unpaired) electrons. The van der Waals surface area contributed by atoms with E-state index in [4.69, 9.17) is 4.98 Å². The standard InChI is InChI=1S/C23H27N5.C2H6/c1-6-17(14-24-5)18-8-7-9-19(13-18)21-11-10-20(22-12-16(4)27-28-22)23(26-21)25-15(2)3;1-2/h6-11,13-15H,12H2,1-5H3,(H,25,26);1-2H3/b17-6+,24-14?;. The monoisotopic (exact) mass is 403 g/mol. The van der Waals surface area contributed by atoms with E-state index < -0.39 is 0 Å². The molecule has 0 atom stereocenters. The van der Waals surface area contributed by atoms with Gasteiger partial charge in [0.1, 0.15) is 5.82 Å². The lowest BCUT2D eigenvalue weighted by Crippen LogP contribution is -2.15. The zero-order valence-electron chi connectivity index (χ0n) is 19.2. The van der Waals surface area contributed by atoms with Crippen LogP contribution >= 0.6 is 0 Å². The van der Waals surface area contributed by atoms with Gasteiger partial charge in [-0.2, -0.15) is 10.2 Å². The van der Waals surface area contributed by atoms with E-state index in [-0.39, 0.29) is 6.04 Å². The molecular weight excluding hydrogens is 370 g/mol. The number of nitrogens with zero attached hydrogens (tertiary/aromatic N) is 4. The van der Waals surface area contributed by atoms with Crippen molar-refractivity contribution in [2.75, 3.05) is 12.4 Å². The Morgan fingerprint density at radius 3 is 2.50 bits per heavy atom. The Morgan fingerprint density at radius 1 is 1.13 bits per heavy atom. The fourth-order valence-corrected chi connectivity index (χ4v) is 3.16. The first-order chi connectivity index (χ1) is 14.5. The van der Waals surface area contributed by atoms with Crippen molar-refractivity contribution in [1.82, 2.24) is 4.98 Å². The van der Waals surface area contributed by atoms with Gasteiger partial charge in [0, 0.05) is 42.6 Å². The van der Waals surface area contributed by atoms with Crippen molar-refractivity contribution in [1.29, 1.82) is 0 Å². The molecule has 5 heteroatoms. The molecule has 0 fully saturated rings. The number of aliphatic imine (C=N–C) groups is 1. The van der Waals surface area contributed by atoms with Crippen LogP contribution in [0.15, 0.2) is 57.7 Å². The quantitative estimate of drug-likeness (QED) is 0.578. The molecule has 0 bridgehead atoms. The highest BCUT2D eigenvalue weighted by Crippen LogP contribution is 2.27. The van der Waals surface area contributed by atoms with Gasteiger partial charge < -0.3 is 5.32 Å². The molecule has 1 N–H and O–H groups in total. The molecule has 30 heavy (non-hydrogen) atoms. The lowest BCUT2D eigenvalue weighted by molar-refractivity contribution is 0.889. The smallest absolute Gasteiger partial charge is 0.136 e. The van der Waals surface area contributed by atoms with Gasteiger partial charge >= 0.3 is 0 Å². The van der Waals surface area contributed by atoms with E-state index in [1.165, 1.54) is 0 Å². The van der Waals surface area contributed by atoms with E-state index in [9.17, 15) is 0 Å². The fourth-order valence-electron chi connectivity index (χ4n) is 3.16. The summed E-state index contributed by atoms with van der Waals surface area (Å²) < 4.78 is 0.